The van der Waals surface area contributed by atoms with E-state index in [1.54, 1.807) is 0 Å². The topological polar surface area (TPSA) is 55.4 Å². The van der Waals surface area contributed by atoms with Crippen LogP contribution in [0.5, 0.6) is 5.75 Å². The van der Waals surface area contributed by atoms with E-state index in [1.807, 2.05) is 55.5 Å². The van der Waals surface area contributed by atoms with Gasteiger partial charge in [-0.3, -0.25) is 9.59 Å². The van der Waals surface area contributed by atoms with Gasteiger partial charge < -0.3 is 10.1 Å². The van der Waals surface area contributed by atoms with E-state index < -0.39 is 0 Å². The van der Waals surface area contributed by atoms with Crippen LogP contribution in [0.15, 0.2) is 65.4 Å². The smallest absolute Gasteiger partial charge is 0.192 e. The van der Waals surface area contributed by atoms with Gasteiger partial charge >= 0.3 is 0 Å². The minimum atomic E-state index is -0.387. The van der Waals surface area contributed by atoms with Gasteiger partial charge in [0.05, 0.1) is 12.3 Å². The summed E-state index contributed by atoms with van der Waals surface area (Å²) in [4.78, 5) is 26.4. The third-order valence-electron chi connectivity index (χ3n) is 5.79. The number of ether oxygens (including phenoxy) is 1. The van der Waals surface area contributed by atoms with E-state index >= 15 is 0 Å². The van der Waals surface area contributed by atoms with Crippen LogP contribution in [-0.4, -0.2) is 18.2 Å². The summed E-state index contributed by atoms with van der Waals surface area (Å²) in [7, 11) is 0. The largest absolute Gasteiger partial charge is 0.494 e. The molecule has 3 aliphatic rings. The summed E-state index contributed by atoms with van der Waals surface area (Å²) in [5, 5.41) is 3.46. The van der Waals surface area contributed by atoms with E-state index in [9.17, 15) is 9.59 Å². The highest BCUT2D eigenvalue weighted by atomic mass is 16.5. The van der Waals surface area contributed by atoms with Crippen LogP contribution in [0.1, 0.15) is 53.6 Å². The summed E-state index contributed by atoms with van der Waals surface area (Å²) in [5.74, 6) is 0.471. The molecule has 4 heteroatoms. The standard InChI is InChI=1S/C24H21NO3/c1-2-28-19-13-6-5-10-16(19)20-21-17(11-7-12-18(21)26)25-23-14-8-3-4-9-15(14)24(27)22(20)23/h3-6,8-10,13,20,25H,2,7,11-12H2,1H3. The van der Waals surface area contributed by atoms with Crippen molar-refractivity contribution in [3.05, 3.63) is 82.1 Å². The summed E-state index contributed by atoms with van der Waals surface area (Å²) < 4.78 is 5.88. The van der Waals surface area contributed by atoms with Gasteiger partial charge in [-0.05, 0) is 25.8 Å². The third kappa shape index (κ3) is 2.37. The highest BCUT2D eigenvalue weighted by Gasteiger charge is 2.44. The van der Waals surface area contributed by atoms with Crippen LogP contribution in [0.4, 0.5) is 0 Å². The Morgan fingerprint density at radius 3 is 2.54 bits per heavy atom. The molecule has 1 aliphatic heterocycles. The van der Waals surface area contributed by atoms with E-state index in [1.165, 1.54) is 0 Å². The number of carbonyl (C=O) groups excluding carboxylic acids is 2. The lowest BCUT2D eigenvalue weighted by Gasteiger charge is -2.33. The molecule has 2 aromatic carbocycles. The van der Waals surface area contributed by atoms with E-state index in [0.717, 1.165) is 46.7 Å². The van der Waals surface area contributed by atoms with Crippen molar-refractivity contribution < 1.29 is 14.3 Å². The molecule has 2 aliphatic carbocycles. The fourth-order valence-corrected chi connectivity index (χ4v) is 4.65. The first-order valence-electron chi connectivity index (χ1n) is 9.84. The molecule has 0 fully saturated rings. The molecular formula is C24H21NO3. The summed E-state index contributed by atoms with van der Waals surface area (Å²) in [6, 6.07) is 15.4. The number of rotatable bonds is 3. The highest BCUT2D eigenvalue weighted by molar-refractivity contribution is 6.23. The lowest BCUT2D eigenvalue weighted by molar-refractivity contribution is -0.116. The quantitative estimate of drug-likeness (QED) is 0.870. The van der Waals surface area contributed by atoms with Crippen molar-refractivity contribution in [1.29, 1.82) is 0 Å². The number of para-hydroxylation sites is 1. The number of ketones is 2. The number of carbonyl (C=O) groups is 2. The lowest BCUT2D eigenvalue weighted by atomic mass is 9.74. The minimum absolute atomic E-state index is 0.000625. The van der Waals surface area contributed by atoms with Gasteiger partial charge in [0, 0.05) is 45.9 Å². The summed E-state index contributed by atoms with van der Waals surface area (Å²) in [5.41, 5.74) is 5.72. The molecule has 4 nitrogen and oxygen atoms in total. The molecule has 0 radical (unpaired) electrons. The zero-order chi connectivity index (χ0) is 19.3. The third-order valence-corrected chi connectivity index (χ3v) is 5.79. The van der Waals surface area contributed by atoms with E-state index in [2.05, 4.69) is 5.32 Å². The number of fused-ring (bicyclic) bond motifs is 2. The molecule has 5 rings (SSSR count). The molecule has 0 saturated heterocycles. The van der Waals surface area contributed by atoms with Gasteiger partial charge in [0.25, 0.3) is 0 Å². The van der Waals surface area contributed by atoms with Crippen molar-refractivity contribution in [1.82, 2.24) is 5.32 Å². The minimum Gasteiger partial charge on any atom is -0.494 e. The number of hydrogen-bond acceptors (Lipinski definition) is 4. The molecule has 1 unspecified atom stereocenters. The maximum Gasteiger partial charge on any atom is 0.192 e. The first-order valence-corrected chi connectivity index (χ1v) is 9.84. The molecule has 2 aromatic rings. The Morgan fingerprint density at radius 2 is 1.71 bits per heavy atom. The lowest BCUT2D eigenvalue weighted by Crippen LogP contribution is -2.31. The number of Topliss-reactive ketones (excluding diaryl/α,β-unsaturated/α-hetero) is 2. The van der Waals surface area contributed by atoms with Gasteiger partial charge in [0.2, 0.25) is 0 Å². The molecule has 0 spiro atoms. The van der Waals surface area contributed by atoms with Crippen molar-refractivity contribution in [2.75, 3.05) is 6.61 Å². The summed E-state index contributed by atoms with van der Waals surface area (Å²) in [6.07, 6.45) is 2.18. The number of hydrogen-bond donors (Lipinski definition) is 1. The van der Waals surface area contributed by atoms with Gasteiger partial charge in [-0.1, -0.05) is 42.5 Å². The zero-order valence-corrected chi connectivity index (χ0v) is 15.7. The molecule has 0 aromatic heterocycles. The Balaban J connectivity index is 1.76. The fourth-order valence-electron chi connectivity index (χ4n) is 4.65. The fraction of sp³-hybridized carbons (Fsp3) is 0.250. The predicted molar refractivity (Wildman–Crippen MR) is 107 cm³/mol. The average molecular weight is 371 g/mol. The van der Waals surface area contributed by atoms with Crippen molar-refractivity contribution in [2.45, 2.75) is 32.1 Å². The number of dihydropyridines is 1. The van der Waals surface area contributed by atoms with Crippen LogP contribution in [0.2, 0.25) is 0 Å². The van der Waals surface area contributed by atoms with Crippen molar-refractivity contribution in [2.24, 2.45) is 0 Å². The van der Waals surface area contributed by atoms with Gasteiger partial charge in [0.15, 0.2) is 11.6 Å². The summed E-state index contributed by atoms with van der Waals surface area (Å²) in [6.45, 7) is 2.47. The molecule has 28 heavy (non-hydrogen) atoms. The van der Waals surface area contributed by atoms with E-state index in [0.29, 0.717) is 24.2 Å². The van der Waals surface area contributed by atoms with E-state index in [-0.39, 0.29) is 17.5 Å². The van der Waals surface area contributed by atoms with Crippen LogP contribution >= 0.6 is 0 Å². The van der Waals surface area contributed by atoms with Gasteiger partial charge in [-0.25, -0.2) is 0 Å². The maximum atomic E-state index is 13.4. The van der Waals surface area contributed by atoms with Crippen LogP contribution in [0.25, 0.3) is 5.70 Å². The SMILES string of the molecule is CCOc1ccccc1C1C2=C(CCCC2=O)NC2=C1C(=O)c1ccccc12. The molecule has 0 bridgehead atoms. The van der Waals surface area contributed by atoms with Crippen molar-refractivity contribution >= 4 is 17.3 Å². The van der Waals surface area contributed by atoms with Crippen molar-refractivity contribution in [3.8, 4) is 5.75 Å². The molecule has 1 N–H and O–H groups in total. The number of allylic oxidation sites excluding steroid dienone is 3. The zero-order valence-electron chi connectivity index (χ0n) is 15.7. The van der Waals surface area contributed by atoms with Crippen molar-refractivity contribution in [3.63, 3.8) is 0 Å². The maximum absolute atomic E-state index is 13.4. The van der Waals surface area contributed by atoms with Crippen LogP contribution in [-0.2, 0) is 4.79 Å². The second kappa shape index (κ2) is 6.48. The predicted octanol–water partition coefficient (Wildman–Crippen LogP) is 4.39. The van der Waals surface area contributed by atoms with Gasteiger partial charge in [0.1, 0.15) is 5.75 Å². The van der Waals surface area contributed by atoms with Gasteiger partial charge in [-0.15, -0.1) is 0 Å². The average Bonchev–Trinajstić information content (AvgIpc) is 3.00. The Morgan fingerprint density at radius 1 is 0.964 bits per heavy atom. The van der Waals surface area contributed by atoms with Crippen LogP contribution in [0, 0.1) is 0 Å². The Bertz CT molecular complexity index is 1080. The normalized spacial score (nSPS) is 20.5. The molecule has 1 heterocycles. The molecular weight excluding hydrogens is 350 g/mol. The number of nitrogens with one attached hydrogen (secondary N) is 1. The monoisotopic (exact) mass is 371 g/mol. The molecule has 0 saturated carbocycles. The Hall–Kier alpha value is -3.14. The number of benzene rings is 2. The molecule has 140 valence electrons. The van der Waals surface area contributed by atoms with E-state index in [4.69, 9.17) is 4.74 Å². The molecule has 0 amide bonds. The molecule has 1 atom stereocenters. The van der Waals surface area contributed by atoms with Gasteiger partial charge in [-0.2, -0.15) is 0 Å². The summed E-state index contributed by atoms with van der Waals surface area (Å²) >= 11 is 0. The first-order chi connectivity index (χ1) is 13.7. The first kappa shape index (κ1) is 17.0. The second-order valence-electron chi connectivity index (χ2n) is 7.36. The Kier molecular flexibility index (Phi) is 3.93. The van der Waals surface area contributed by atoms with Crippen LogP contribution in [0.3, 0.4) is 0 Å². The highest BCUT2D eigenvalue weighted by Crippen LogP contribution is 2.50. The van der Waals surface area contributed by atoms with Crippen LogP contribution < -0.4 is 10.1 Å². The Labute approximate surface area is 163 Å². The second-order valence-corrected chi connectivity index (χ2v) is 7.36.